The topological polar surface area (TPSA) is 48.1 Å². The number of anilines is 1. The van der Waals surface area contributed by atoms with E-state index in [0.29, 0.717) is 0 Å². The number of pyridine rings is 1. The van der Waals surface area contributed by atoms with E-state index in [1.807, 2.05) is 18.3 Å². The van der Waals surface area contributed by atoms with E-state index in [1.165, 1.54) is 55.7 Å². The Kier molecular flexibility index (Phi) is 10.2. The molecule has 266 valence electrons. The van der Waals surface area contributed by atoms with Crippen molar-refractivity contribution >= 4 is 27.5 Å². The van der Waals surface area contributed by atoms with Gasteiger partial charge in [-0.25, -0.2) is 9.67 Å². The highest BCUT2D eigenvalue weighted by molar-refractivity contribution is 6.09. The van der Waals surface area contributed by atoms with Gasteiger partial charge in [-0.1, -0.05) is 71.2 Å². The number of nitrogens with zero attached hydrogens (tertiary/aromatic N) is 5. The summed E-state index contributed by atoms with van der Waals surface area (Å²) in [6, 6.07) is 32.3. The molecule has 0 aliphatic carbocycles. The zero-order valence-corrected chi connectivity index (χ0v) is 31.8. The first-order chi connectivity index (χ1) is 25.3. The van der Waals surface area contributed by atoms with E-state index < -0.39 is 0 Å². The molecule has 0 saturated heterocycles. The Hall–Kier alpha value is -5.36. The molecule has 4 aromatic carbocycles. The van der Waals surface area contributed by atoms with Gasteiger partial charge in [0, 0.05) is 54.4 Å². The molecular weight excluding hydrogens is 639 g/mol. The minimum atomic E-state index is 0.778. The van der Waals surface area contributed by atoms with Gasteiger partial charge in [-0.05, 0) is 109 Å². The number of hydrogen-bond donors (Lipinski definition) is 0. The van der Waals surface area contributed by atoms with Crippen molar-refractivity contribution in [1.29, 1.82) is 0 Å². The number of aryl methyl sites for hydroxylation is 4. The summed E-state index contributed by atoms with van der Waals surface area (Å²) >= 11 is 0. The average Bonchev–Trinajstić information content (AvgIpc) is 3.66. The average molecular weight is 690 g/mol. The molecule has 0 spiro atoms. The highest BCUT2D eigenvalue weighted by Gasteiger charge is 2.25. The van der Waals surface area contributed by atoms with Crippen LogP contribution in [0.15, 0.2) is 97.2 Å². The van der Waals surface area contributed by atoms with E-state index >= 15 is 0 Å². The largest absolute Gasteiger partial charge is 0.457 e. The monoisotopic (exact) mass is 689 g/mol. The fourth-order valence-electron chi connectivity index (χ4n) is 7.68. The quantitative estimate of drug-likeness (QED) is 0.121. The molecule has 0 fully saturated rings. The molecule has 6 nitrogen and oxygen atoms in total. The molecule has 52 heavy (non-hydrogen) atoms. The van der Waals surface area contributed by atoms with Gasteiger partial charge in [0.1, 0.15) is 17.3 Å². The van der Waals surface area contributed by atoms with Crippen LogP contribution in [0.3, 0.4) is 0 Å². The van der Waals surface area contributed by atoms with E-state index in [2.05, 4.69) is 142 Å². The normalized spacial score (nSPS) is 11.5. The maximum Gasteiger partial charge on any atom is 0.137 e. The fourth-order valence-corrected chi connectivity index (χ4v) is 7.68. The Labute approximate surface area is 308 Å². The molecule has 0 unspecified atom stereocenters. The SMILES string of the molecule is CCCc1cc(N(C)C)cc(CC)c1-c1c(CCC)nn(-c2cccc(Oc3ccc4c5ccccc5n(-c5cc(C)ccn5)c4c3)c2)c1CCC. The van der Waals surface area contributed by atoms with Gasteiger partial charge < -0.3 is 9.64 Å². The van der Waals surface area contributed by atoms with Gasteiger partial charge in [0.2, 0.25) is 0 Å². The minimum Gasteiger partial charge on any atom is -0.457 e. The van der Waals surface area contributed by atoms with Crippen molar-refractivity contribution in [2.75, 3.05) is 19.0 Å². The third-order valence-electron chi connectivity index (χ3n) is 10.1. The van der Waals surface area contributed by atoms with E-state index in [9.17, 15) is 0 Å². The van der Waals surface area contributed by atoms with Crippen LogP contribution in [-0.4, -0.2) is 33.4 Å². The molecule has 0 atom stereocenters. The number of ether oxygens (including phenoxy) is 1. The van der Waals surface area contributed by atoms with Crippen LogP contribution in [0.1, 0.15) is 75.0 Å². The third-order valence-corrected chi connectivity index (χ3v) is 10.1. The first-order valence-corrected chi connectivity index (χ1v) is 19.0. The highest BCUT2D eigenvalue weighted by atomic mass is 16.5. The molecule has 3 heterocycles. The lowest BCUT2D eigenvalue weighted by Gasteiger charge is -2.21. The van der Waals surface area contributed by atoms with E-state index in [1.54, 1.807) is 0 Å². The van der Waals surface area contributed by atoms with Gasteiger partial charge in [0.15, 0.2) is 0 Å². The van der Waals surface area contributed by atoms with Crippen LogP contribution in [0.25, 0.3) is 44.4 Å². The second-order valence-corrected chi connectivity index (χ2v) is 14.1. The van der Waals surface area contributed by atoms with Crippen molar-refractivity contribution in [2.45, 2.75) is 79.6 Å². The molecule has 0 amide bonds. The number of hydrogen-bond acceptors (Lipinski definition) is 4. The summed E-state index contributed by atoms with van der Waals surface area (Å²) in [5.41, 5.74) is 13.7. The summed E-state index contributed by atoms with van der Waals surface area (Å²) in [5.74, 6) is 2.46. The van der Waals surface area contributed by atoms with Crippen molar-refractivity contribution < 1.29 is 4.74 Å². The van der Waals surface area contributed by atoms with Crippen LogP contribution in [0.4, 0.5) is 5.69 Å². The zero-order valence-electron chi connectivity index (χ0n) is 31.8. The third kappa shape index (κ3) is 6.58. The molecule has 0 bridgehead atoms. The van der Waals surface area contributed by atoms with Crippen molar-refractivity contribution in [1.82, 2.24) is 19.3 Å². The standard InChI is InChI=1S/C46H51N5O/c1-8-15-33-28-35(49(6)7)27-32(11-4)45(33)46-40(16-9-2)48-51(42(46)17-10-3)34-18-14-19-36(29-34)52-37-22-23-39-38-20-12-13-21-41(38)50(43(39)30-37)44-26-31(5)24-25-47-44/h12-14,18-30H,8-11,15-17H2,1-7H3. The summed E-state index contributed by atoms with van der Waals surface area (Å²) in [4.78, 5) is 6.99. The van der Waals surface area contributed by atoms with Crippen LogP contribution >= 0.6 is 0 Å². The summed E-state index contributed by atoms with van der Waals surface area (Å²) in [6.07, 6.45) is 8.94. The smallest absolute Gasteiger partial charge is 0.137 e. The van der Waals surface area contributed by atoms with Crippen LogP contribution < -0.4 is 9.64 Å². The van der Waals surface area contributed by atoms with Gasteiger partial charge >= 0.3 is 0 Å². The first kappa shape index (κ1) is 35.1. The number of benzene rings is 4. The Balaban J connectivity index is 1.33. The Bertz CT molecular complexity index is 2360. The zero-order chi connectivity index (χ0) is 36.4. The number of para-hydroxylation sites is 1. The molecule has 0 N–H and O–H groups in total. The molecule has 6 heteroatoms. The number of rotatable bonds is 13. The molecule has 3 aromatic heterocycles. The predicted octanol–water partition coefficient (Wildman–Crippen LogP) is 11.6. The van der Waals surface area contributed by atoms with Crippen molar-refractivity contribution in [3.05, 3.63) is 125 Å². The molecule has 7 rings (SSSR count). The van der Waals surface area contributed by atoms with E-state index in [4.69, 9.17) is 14.8 Å². The highest BCUT2D eigenvalue weighted by Crippen LogP contribution is 2.40. The summed E-state index contributed by atoms with van der Waals surface area (Å²) in [7, 11) is 4.28. The summed E-state index contributed by atoms with van der Waals surface area (Å²) in [5, 5.41) is 7.77. The molecule has 0 aliphatic rings. The second-order valence-electron chi connectivity index (χ2n) is 14.1. The Morgan fingerprint density at radius 1 is 0.673 bits per heavy atom. The van der Waals surface area contributed by atoms with Crippen molar-refractivity contribution in [2.24, 2.45) is 0 Å². The van der Waals surface area contributed by atoms with Crippen LogP contribution in [0.5, 0.6) is 11.5 Å². The van der Waals surface area contributed by atoms with Crippen LogP contribution in [0, 0.1) is 6.92 Å². The van der Waals surface area contributed by atoms with Gasteiger partial charge in [0.05, 0.1) is 28.1 Å². The Morgan fingerprint density at radius 2 is 1.42 bits per heavy atom. The van der Waals surface area contributed by atoms with Crippen molar-refractivity contribution in [3.8, 4) is 34.1 Å². The fraction of sp³-hybridized carbons (Fsp3) is 0.304. The van der Waals surface area contributed by atoms with E-state index in [-0.39, 0.29) is 0 Å². The lowest BCUT2D eigenvalue weighted by molar-refractivity contribution is 0.482. The predicted molar refractivity (Wildman–Crippen MR) is 218 cm³/mol. The van der Waals surface area contributed by atoms with Gasteiger partial charge in [0.25, 0.3) is 0 Å². The van der Waals surface area contributed by atoms with Crippen molar-refractivity contribution in [3.63, 3.8) is 0 Å². The van der Waals surface area contributed by atoms with Gasteiger partial charge in [-0.15, -0.1) is 0 Å². The molecule has 0 aliphatic heterocycles. The lowest BCUT2D eigenvalue weighted by atomic mass is 9.87. The van der Waals surface area contributed by atoms with Crippen LogP contribution in [0.2, 0.25) is 0 Å². The van der Waals surface area contributed by atoms with Gasteiger partial charge in [-0.2, -0.15) is 5.10 Å². The van der Waals surface area contributed by atoms with Gasteiger partial charge in [-0.3, -0.25) is 4.57 Å². The number of fused-ring (bicyclic) bond motifs is 3. The maximum atomic E-state index is 6.67. The van der Waals surface area contributed by atoms with Crippen LogP contribution in [-0.2, 0) is 25.7 Å². The maximum absolute atomic E-state index is 6.67. The molecule has 0 saturated carbocycles. The van der Waals surface area contributed by atoms with E-state index in [0.717, 1.165) is 79.0 Å². The number of aromatic nitrogens is 4. The molecular formula is C46H51N5O. The first-order valence-electron chi connectivity index (χ1n) is 19.0. The second kappa shape index (κ2) is 15.1. The lowest BCUT2D eigenvalue weighted by Crippen LogP contribution is -2.11. The summed E-state index contributed by atoms with van der Waals surface area (Å²) < 4.78 is 11.1. The molecule has 0 radical (unpaired) electrons. The molecule has 7 aromatic rings. The summed E-state index contributed by atoms with van der Waals surface area (Å²) in [6.45, 7) is 11.2. The minimum absolute atomic E-state index is 0.778. The Morgan fingerprint density at radius 3 is 2.17 bits per heavy atom.